The summed E-state index contributed by atoms with van der Waals surface area (Å²) in [6, 6.07) is 10.4. The summed E-state index contributed by atoms with van der Waals surface area (Å²) in [4.78, 5) is 26.8. The van der Waals surface area contributed by atoms with E-state index in [9.17, 15) is 14.0 Å². The predicted octanol–water partition coefficient (Wildman–Crippen LogP) is 1.31. The molecule has 0 saturated heterocycles. The number of amides is 2. The van der Waals surface area contributed by atoms with Crippen LogP contribution in [0.15, 0.2) is 53.8 Å². The van der Waals surface area contributed by atoms with Crippen LogP contribution >= 0.6 is 0 Å². The third-order valence-electron chi connectivity index (χ3n) is 2.36. The highest BCUT2D eigenvalue weighted by Crippen LogP contribution is 2.00. The predicted molar refractivity (Wildman–Crippen MR) is 75.0 cm³/mol. The molecule has 2 amide bonds. The summed E-state index contributed by atoms with van der Waals surface area (Å²) < 4.78 is 12.7. The van der Waals surface area contributed by atoms with Crippen LogP contribution in [0.4, 0.5) is 10.2 Å². The van der Waals surface area contributed by atoms with Gasteiger partial charge in [0.05, 0.1) is 6.21 Å². The van der Waals surface area contributed by atoms with E-state index >= 15 is 0 Å². The molecule has 6 nitrogen and oxygen atoms in total. The largest absolute Gasteiger partial charge is 0.329 e. The van der Waals surface area contributed by atoms with Gasteiger partial charge in [-0.15, -0.1) is 0 Å². The molecule has 0 aliphatic carbocycles. The Morgan fingerprint density at radius 3 is 2.52 bits per heavy atom. The number of benzene rings is 1. The smallest absolute Gasteiger partial charge is 0.302 e. The molecule has 0 bridgehead atoms. The highest BCUT2D eigenvalue weighted by Gasteiger charge is 2.12. The van der Waals surface area contributed by atoms with Gasteiger partial charge in [0.15, 0.2) is 0 Å². The number of hydrogen-bond acceptors (Lipinski definition) is 4. The first-order chi connectivity index (χ1) is 10.1. The van der Waals surface area contributed by atoms with Crippen LogP contribution in [0.5, 0.6) is 0 Å². The van der Waals surface area contributed by atoms with Crippen molar-refractivity contribution in [3.8, 4) is 0 Å². The fraction of sp³-hybridized carbons (Fsp3) is 0. The Labute approximate surface area is 119 Å². The van der Waals surface area contributed by atoms with E-state index < -0.39 is 11.8 Å². The average Bonchev–Trinajstić information content (AvgIpc) is 2.50. The molecule has 7 heteroatoms. The maximum atomic E-state index is 12.7. The molecule has 21 heavy (non-hydrogen) atoms. The van der Waals surface area contributed by atoms with Gasteiger partial charge in [0, 0.05) is 6.20 Å². The van der Waals surface area contributed by atoms with Gasteiger partial charge in [-0.1, -0.05) is 18.2 Å². The molecule has 106 valence electrons. The average molecular weight is 286 g/mol. The molecule has 0 aliphatic rings. The number of nitrogens with one attached hydrogen (secondary N) is 2. The minimum Gasteiger partial charge on any atom is -0.302 e. The van der Waals surface area contributed by atoms with Crippen molar-refractivity contribution >= 4 is 23.8 Å². The van der Waals surface area contributed by atoms with Crippen LogP contribution in [0.1, 0.15) is 5.56 Å². The zero-order valence-electron chi connectivity index (χ0n) is 10.8. The highest BCUT2D eigenvalue weighted by molar-refractivity contribution is 6.39. The maximum Gasteiger partial charge on any atom is 0.329 e. The molecule has 0 spiro atoms. The molecule has 2 N–H and O–H groups in total. The Morgan fingerprint density at radius 2 is 1.86 bits per heavy atom. The topological polar surface area (TPSA) is 83.5 Å². The van der Waals surface area contributed by atoms with E-state index in [0.29, 0.717) is 5.56 Å². The summed E-state index contributed by atoms with van der Waals surface area (Å²) in [5, 5.41) is 5.92. The van der Waals surface area contributed by atoms with E-state index in [1.54, 1.807) is 18.2 Å². The van der Waals surface area contributed by atoms with Gasteiger partial charge in [0.1, 0.15) is 11.6 Å². The van der Waals surface area contributed by atoms with E-state index in [4.69, 9.17) is 0 Å². The first kappa shape index (κ1) is 14.3. The molecule has 0 aliphatic heterocycles. The molecule has 0 fully saturated rings. The SMILES string of the molecule is O=C(N/N=C/c1ccc(F)cc1)C(=O)Nc1ccccn1. The number of anilines is 1. The Hall–Kier alpha value is -3.09. The van der Waals surface area contributed by atoms with Gasteiger partial charge >= 0.3 is 11.8 Å². The number of halogens is 1. The molecular formula is C14H11FN4O2. The van der Waals surface area contributed by atoms with Gasteiger partial charge in [0.2, 0.25) is 0 Å². The van der Waals surface area contributed by atoms with Crippen molar-refractivity contribution in [2.75, 3.05) is 5.32 Å². The van der Waals surface area contributed by atoms with Crippen molar-refractivity contribution in [3.63, 3.8) is 0 Å². The molecule has 0 atom stereocenters. The van der Waals surface area contributed by atoms with Crippen LogP contribution in [-0.2, 0) is 9.59 Å². The Kier molecular flexibility index (Phi) is 4.70. The minimum atomic E-state index is -0.931. The van der Waals surface area contributed by atoms with E-state index in [1.807, 2.05) is 0 Å². The number of hydrazone groups is 1. The van der Waals surface area contributed by atoms with Gasteiger partial charge in [-0.3, -0.25) is 9.59 Å². The molecule has 2 aromatic rings. The lowest BCUT2D eigenvalue weighted by Gasteiger charge is -2.02. The lowest BCUT2D eigenvalue weighted by molar-refractivity contribution is -0.136. The zero-order valence-corrected chi connectivity index (χ0v) is 10.8. The summed E-state index contributed by atoms with van der Waals surface area (Å²) >= 11 is 0. The van der Waals surface area contributed by atoms with Crippen molar-refractivity contribution in [1.82, 2.24) is 10.4 Å². The second kappa shape index (κ2) is 6.90. The van der Waals surface area contributed by atoms with Crippen molar-refractivity contribution in [3.05, 3.63) is 60.0 Å². The molecule has 0 radical (unpaired) electrons. The number of nitrogens with zero attached hydrogens (tertiary/aromatic N) is 2. The Balaban J connectivity index is 1.86. The second-order valence-electron chi connectivity index (χ2n) is 3.92. The van der Waals surface area contributed by atoms with Crippen LogP contribution in [0.3, 0.4) is 0 Å². The third kappa shape index (κ3) is 4.50. The van der Waals surface area contributed by atoms with Crippen molar-refractivity contribution < 1.29 is 14.0 Å². The van der Waals surface area contributed by atoms with Crippen molar-refractivity contribution in [2.45, 2.75) is 0 Å². The minimum absolute atomic E-state index is 0.264. The first-order valence-corrected chi connectivity index (χ1v) is 5.96. The molecule has 0 saturated carbocycles. The van der Waals surface area contributed by atoms with Crippen LogP contribution < -0.4 is 10.7 Å². The van der Waals surface area contributed by atoms with E-state index in [0.717, 1.165) is 0 Å². The summed E-state index contributed by atoms with van der Waals surface area (Å²) in [6.07, 6.45) is 2.78. The van der Waals surface area contributed by atoms with Crippen LogP contribution in [0.2, 0.25) is 0 Å². The second-order valence-corrected chi connectivity index (χ2v) is 3.92. The maximum absolute atomic E-state index is 12.7. The zero-order chi connectivity index (χ0) is 15.1. The van der Waals surface area contributed by atoms with Crippen LogP contribution in [0, 0.1) is 5.82 Å². The molecule has 2 rings (SSSR count). The molecule has 1 aromatic heterocycles. The van der Waals surface area contributed by atoms with Gasteiger partial charge in [-0.25, -0.2) is 14.8 Å². The first-order valence-electron chi connectivity index (χ1n) is 5.96. The number of hydrogen-bond donors (Lipinski definition) is 2. The van der Waals surface area contributed by atoms with Gasteiger partial charge in [0.25, 0.3) is 0 Å². The van der Waals surface area contributed by atoms with Crippen molar-refractivity contribution in [2.24, 2.45) is 5.10 Å². The summed E-state index contributed by atoms with van der Waals surface area (Å²) in [5.41, 5.74) is 2.65. The Bertz CT molecular complexity index is 656. The van der Waals surface area contributed by atoms with Crippen LogP contribution in [0.25, 0.3) is 0 Å². The van der Waals surface area contributed by atoms with Gasteiger partial charge in [-0.05, 0) is 29.8 Å². The molecule has 1 heterocycles. The molecular weight excluding hydrogens is 275 g/mol. The fourth-order valence-electron chi connectivity index (χ4n) is 1.37. The number of carbonyl (C=O) groups is 2. The number of carbonyl (C=O) groups excluding carboxylic acids is 2. The number of pyridine rings is 1. The van der Waals surface area contributed by atoms with Gasteiger partial charge in [-0.2, -0.15) is 5.10 Å². The van der Waals surface area contributed by atoms with Crippen LogP contribution in [-0.4, -0.2) is 23.0 Å². The number of aromatic nitrogens is 1. The summed E-state index contributed by atoms with van der Waals surface area (Å²) in [7, 11) is 0. The summed E-state index contributed by atoms with van der Waals surface area (Å²) in [6.45, 7) is 0. The third-order valence-corrected chi connectivity index (χ3v) is 2.36. The molecule has 1 aromatic carbocycles. The lowest BCUT2D eigenvalue weighted by Crippen LogP contribution is -2.32. The normalized spacial score (nSPS) is 10.3. The lowest BCUT2D eigenvalue weighted by atomic mass is 10.2. The van der Waals surface area contributed by atoms with E-state index in [-0.39, 0.29) is 11.6 Å². The monoisotopic (exact) mass is 286 g/mol. The van der Waals surface area contributed by atoms with Gasteiger partial charge < -0.3 is 5.32 Å². The Morgan fingerprint density at radius 1 is 1.10 bits per heavy atom. The quantitative estimate of drug-likeness (QED) is 0.507. The standard InChI is InChI=1S/C14H11FN4O2/c15-11-6-4-10(5-7-11)9-17-19-14(21)13(20)18-12-3-1-2-8-16-12/h1-9H,(H,19,21)(H,16,18,20)/b17-9+. The van der Waals surface area contributed by atoms with E-state index in [2.05, 4.69) is 20.8 Å². The summed E-state index contributed by atoms with van der Waals surface area (Å²) in [5.74, 6) is -1.92. The van der Waals surface area contributed by atoms with Crippen molar-refractivity contribution in [1.29, 1.82) is 0 Å². The highest BCUT2D eigenvalue weighted by atomic mass is 19.1. The number of rotatable bonds is 3. The fourth-order valence-corrected chi connectivity index (χ4v) is 1.37. The molecule has 0 unspecified atom stereocenters. The van der Waals surface area contributed by atoms with E-state index in [1.165, 1.54) is 36.7 Å².